The molecule has 1 aromatic heterocycles. The SMILES string of the molecule is COc1cccc(C=CC(=O)Nc2ccc3nc[nH]c(=O)c3c2)c1OC. The summed E-state index contributed by atoms with van der Waals surface area (Å²) < 4.78 is 10.6. The minimum absolute atomic E-state index is 0.261. The average molecular weight is 351 g/mol. The van der Waals surface area contributed by atoms with Gasteiger partial charge in [-0.2, -0.15) is 0 Å². The number of carbonyl (C=O) groups is 1. The van der Waals surface area contributed by atoms with Crippen LogP contribution in [0, 0.1) is 0 Å². The van der Waals surface area contributed by atoms with Gasteiger partial charge in [-0.05, 0) is 30.3 Å². The summed E-state index contributed by atoms with van der Waals surface area (Å²) in [7, 11) is 3.09. The molecule has 7 heteroatoms. The first-order chi connectivity index (χ1) is 12.6. The van der Waals surface area contributed by atoms with E-state index in [4.69, 9.17) is 9.47 Å². The molecule has 0 aliphatic rings. The van der Waals surface area contributed by atoms with Crippen molar-refractivity contribution in [2.24, 2.45) is 0 Å². The van der Waals surface area contributed by atoms with Crippen LogP contribution in [-0.4, -0.2) is 30.1 Å². The highest BCUT2D eigenvalue weighted by molar-refractivity contribution is 6.03. The summed E-state index contributed by atoms with van der Waals surface area (Å²) in [5, 5.41) is 3.13. The van der Waals surface area contributed by atoms with E-state index in [-0.39, 0.29) is 11.5 Å². The van der Waals surface area contributed by atoms with Gasteiger partial charge in [0, 0.05) is 17.3 Å². The van der Waals surface area contributed by atoms with E-state index in [1.807, 2.05) is 12.1 Å². The lowest BCUT2D eigenvalue weighted by Crippen LogP contribution is -2.10. The summed E-state index contributed by atoms with van der Waals surface area (Å²) in [6.45, 7) is 0. The Hall–Kier alpha value is -3.61. The molecule has 0 aliphatic heterocycles. The van der Waals surface area contributed by atoms with E-state index in [1.165, 1.54) is 19.5 Å². The van der Waals surface area contributed by atoms with Gasteiger partial charge >= 0.3 is 0 Å². The molecule has 2 aromatic carbocycles. The molecule has 0 atom stereocenters. The lowest BCUT2D eigenvalue weighted by molar-refractivity contribution is -0.111. The van der Waals surface area contributed by atoms with Gasteiger partial charge in [0.25, 0.3) is 5.56 Å². The highest BCUT2D eigenvalue weighted by Gasteiger charge is 2.08. The third-order valence-corrected chi connectivity index (χ3v) is 3.76. The summed E-state index contributed by atoms with van der Waals surface area (Å²) in [5.74, 6) is 0.785. The van der Waals surface area contributed by atoms with Crippen LogP contribution in [-0.2, 0) is 4.79 Å². The smallest absolute Gasteiger partial charge is 0.258 e. The van der Waals surface area contributed by atoms with Crippen LogP contribution in [0.5, 0.6) is 11.5 Å². The van der Waals surface area contributed by atoms with E-state index >= 15 is 0 Å². The van der Waals surface area contributed by atoms with Gasteiger partial charge in [-0.25, -0.2) is 4.98 Å². The van der Waals surface area contributed by atoms with Crippen molar-refractivity contribution in [3.05, 3.63) is 64.7 Å². The summed E-state index contributed by atoms with van der Waals surface area (Å²) in [6.07, 6.45) is 4.36. The molecule has 26 heavy (non-hydrogen) atoms. The predicted molar refractivity (Wildman–Crippen MR) is 99.6 cm³/mol. The topological polar surface area (TPSA) is 93.3 Å². The number of para-hydroxylation sites is 1. The Bertz CT molecular complexity index is 1040. The van der Waals surface area contributed by atoms with E-state index in [9.17, 15) is 9.59 Å². The molecule has 3 aromatic rings. The van der Waals surface area contributed by atoms with Crippen molar-refractivity contribution in [2.45, 2.75) is 0 Å². The van der Waals surface area contributed by atoms with Gasteiger partial charge in [-0.3, -0.25) is 9.59 Å². The Labute approximate surface area is 149 Å². The Morgan fingerprint density at radius 1 is 1.19 bits per heavy atom. The number of aromatic amines is 1. The molecular weight excluding hydrogens is 334 g/mol. The van der Waals surface area contributed by atoms with Gasteiger partial charge in [0.1, 0.15) is 0 Å². The minimum Gasteiger partial charge on any atom is -0.493 e. The second-order valence-corrected chi connectivity index (χ2v) is 5.37. The fraction of sp³-hybridized carbons (Fsp3) is 0.105. The zero-order chi connectivity index (χ0) is 18.5. The Morgan fingerprint density at radius 3 is 2.81 bits per heavy atom. The number of hydrogen-bond acceptors (Lipinski definition) is 5. The number of carbonyl (C=O) groups excluding carboxylic acids is 1. The number of anilines is 1. The number of amides is 1. The molecule has 0 radical (unpaired) electrons. The summed E-state index contributed by atoms with van der Waals surface area (Å²) >= 11 is 0. The molecule has 3 rings (SSSR count). The molecule has 2 N–H and O–H groups in total. The Kier molecular flexibility index (Phi) is 4.98. The molecule has 1 amide bonds. The molecule has 0 saturated carbocycles. The molecule has 0 spiro atoms. The Morgan fingerprint density at radius 2 is 2.04 bits per heavy atom. The van der Waals surface area contributed by atoms with Crippen LogP contribution >= 0.6 is 0 Å². The molecule has 1 heterocycles. The summed E-state index contributed by atoms with van der Waals surface area (Å²) in [4.78, 5) is 30.6. The van der Waals surface area contributed by atoms with Crippen LogP contribution in [0.15, 0.2) is 53.6 Å². The van der Waals surface area contributed by atoms with Gasteiger partial charge in [0.05, 0.1) is 31.4 Å². The number of nitrogens with zero attached hydrogens (tertiary/aromatic N) is 1. The van der Waals surface area contributed by atoms with Gasteiger partial charge in [-0.1, -0.05) is 12.1 Å². The molecule has 0 saturated heterocycles. The van der Waals surface area contributed by atoms with Crippen molar-refractivity contribution < 1.29 is 14.3 Å². The molecule has 132 valence electrons. The van der Waals surface area contributed by atoms with Gasteiger partial charge in [-0.15, -0.1) is 0 Å². The second kappa shape index (κ2) is 7.52. The van der Waals surface area contributed by atoms with Gasteiger partial charge < -0.3 is 19.8 Å². The first-order valence-corrected chi connectivity index (χ1v) is 7.80. The lowest BCUT2D eigenvalue weighted by atomic mass is 10.1. The van der Waals surface area contributed by atoms with Crippen molar-refractivity contribution in [3.8, 4) is 11.5 Å². The van der Waals surface area contributed by atoms with E-state index in [2.05, 4.69) is 15.3 Å². The third-order valence-electron chi connectivity index (χ3n) is 3.76. The van der Waals surface area contributed by atoms with E-state index < -0.39 is 0 Å². The van der Waals surface area contributed by atoms with Crippen LogP contribution in [0.4, 0.5) is 5.69 Å². The molecule has 0 aliphatic carbocycles. The second-order valence-electron chi connectivity index (χ2n) is 5.37. The predicted octanol–water partition coefficient (Wildman–Crippen LogP) is 2.59. The fourth-order valence-electron chi connectivity index (χ4n) is 2.54. The first-order valence-electron chi connectivity index (χ1n) is 7.80. The van der Waals surface area contributed by atoms with Crippen LogP contribution in [0.2, 0.25) is 0 Å². The van der Waals surface area contributed by atoms with E-state index in [0.717, 1.165) is 0 Å². The first kappa shape index (κ1) is 17.2. The number of hydrogen-bond donors (Lipinski definition) is 2. The van der Waals surface area contributed by atoms with E-state index in [1.54, 1.807) is 37.5 Å². The fourth-order valence-corrected chi connectivity index (χ4v) is 2.54. The largest absolute Gasteiger partial charge is 0.493 e. The minimum atomic E-state index is -0.338. The third kappa shape index (κ3) is 3.56. The number of aromatic nitrogens is 2. The number of ether oxygens (including phenoxy) is 2. The number of nitrogens with one attached hydrogen (secondary N) is 2. The van der Waals surface area contributed by atoms with Gasteiger partial charge in [0.15, 0.2) is 11.5 Å². The maximum atomic E-state index is 12.2. The van der Waals surface area contributed by atoms with Crippen molar-refractivity contribution in [3.63, 3.8) is 0 Å². The van der Waals surface area contributed by atoms with Crippen molar-refractivity contribution in [1.82, 2.24) is 9.97 Å². The molecule has 0 fully saturated rings. The maximum Gasteiger partial charge on any atom is 0.258 e. The lowest BCUT2D eigenvalue weighted by Gasteiger charge is -2.09. The van der Waals surface area contributed by atoms with Crippen molar-refractivity contribution in [2.75, 3.05) is 19.5 Å². The normalized spacial score (nSPS) is 10.8. The zero-order valence-corrected chi connectivity index (χ0v) is 14.3. The summed E-state index contributed by atoms with van der Waals surface area (Å²) in [5.41, 5.74) is 1.51. The van der Waals surface area contributed by atoms with Crippen molar-refractivity contribution >= 4 is 28.6 Å². The van der Waals surface area contributed by atoms with E-state index in [0.29, 0.717) is 33.7 Å². The average Bonchev–Trinajstić information content (AvgIpc) is 2.66. The number of fused-ring (bicyclic) bond motifs is 1. The molecule has 7 nitrogen and oxygen atoms in total. The Balaban J connectivity index is 1.80. The quantitative estimate of drug-likeness (QED) is 0.689. The number of H-pyrrole nitrogens is 1. The highest BCUT2D eigenvalue weighted by Crippen LogP contribution is 2.31. The van der Waals surface area contributed by atoms with Crippen LogP contribution in [0.3, 0.4) is 0 Å². The van der Waals surface area contributed by atoms with Crippen LogP contribution in [0.25, 0.3) is 17.0 Å². The molecule has 0 unspecified atom stereocenters. The zero-order valence-electron chi connectivity index (χ0n) is 14.3. The monoisotopic (exact) mass is 351 g/mol. The molecule has 0 bridgehead atoms. The standard InChI is InChI=1S/C19H17N3O4/c1-25-16-5-3-4-12(18(16)26-2)6-9-17(23)22-13-7-8-15-14(10-13)19(24)21-11-20-15/h3-11H,1-2H3,(H,22,23)(H,20,21,24). The molecular formula is C19H17N3O4. The maximum absolute atomic E-state index is 12.2. The highest BCUT2D eigenvalue weighted by atomic mass is 16.5. The van der Waals surface area contributed by atoms with Crippen LogP contribution < -0.4 is 20.3 Å². The summed E-state index contributed by atoms with van der Waals surface area (Å²) in [6, 6.07) is 10.3. The van der Waals surface area contributed by atoms with Crippen LogP contribution in [0.1, 0.15) is 5.56 Å². The number of rotatable bonds is 5. The van der Waals surface area contributed by atoms with Crippen molar-refractivity contribution in [1.29, 1.82) is 0 Å². The number of methoxy groups -OCH3 is 2. The van der Waals surface area contributed by atoms with Gasteiger partial charge in [0.2, 0.25) is 5.91 Å². The number of benzene rings is 2.